The fourth-order valence-corrected chi connectivity index (χ4v) is 2.97. The van der Waals surface area contributed by atoms with Gasteiger partial charge in [0.25, 0.3) is 0 Å². The van der Waals surface area contributed by atoms with Gasteiger partial charge >= 0.3 is 5.97 Å². The number of amides is 1. The molecule has 3 rings (SSSR count). The summed E-state index contributed by atoms with van der Waals surface area (Å²) < 4.78 is 15.4. The van der Waals surface area contributed by atoms with Crippen LogP contribution < -0.4 is 4.74 Å². The summed E-state index contributed by atoms with van der Waals surface area (Å²) in [7, 11) is 1.30. The highest BCUT2D eigenvalue weighted by Gasteiger charge is 2.19. The standard InChI is InChI=1S/C23H25N3O5/c1-3-30-19-11-9-18(10-12-19)23-24-20(31-25-23)13-14-21(27)26(16-22(28)29-2)15-17-7-5-4-6-8-17/h4-12H,3,13-16H2,1-2H3. The summed E-state index contributed by atoms with van der Waals surface area (Å²) in [6.45, 7) is 2.71. The van der Waals surface area contributed by atoms with E-state index in [1.54, 1.807) is 0 Å². The third-order valence-electron chi connectivity index (χ3n) is 4.56. The molecule has 0 radical (unpaired) electrons. The highest BCUT2D eigenvalue weighted by atomic mass is 16.5. The molecule has 2 aromatic carbocycles. The maximum Gasteiger partial charge on any atom is 0.325 e. The lowest BCUT2D eigenvalue weighted by Gasteiger charge is -2.21. The summed E-state index contributed by atoms with van der Waals surface area (Å²) in [6.07, 6.45) is 0.407. The second kappa shape index (κ2) is 10.9. The predicted octanol–water partition coefficient (Wildman–Crippen LogP) is 3.27. The number of esters is 1. The van der Waals surface area contributed by atoms with Gasteiger partial charge in [-0.2, -0.15) is 4.98 Å². The summed E-state index contributed by atoms with van der Waals surface area (Å²) in [4.78, 5) is 30.3. The van der Waals surface area contributed by atoms with Crippen molar-refractivity contribution in [2.75, 3.05) is 20.3 Å². The molecule has 0 unspecified atom stereocenters. The molecule has 0 atom stereocenters. The number of hydrogen-bond acceptors (Lipinski definition) is 7. The average Bonchev–Trinajstić information content (AvgIpc) is 3.27. The Morgan fingerprint density at radius 3 is 2.48 bits per heavy atom. The molecule has 3 aromatic rings. The molecule has 0 aliphatic heterocycles. The molecule has 0 spiro atoms. The van der Waals surface area contributed by atoms with E-state index in [0.717, 1.165) is 16.9 Å². The Bertz CT molecular complexity index is 986. The maximum atomic E-state index is 12.8. The van der Waals surface area contributed by atoms with Crippen LogP contribution >= 0.6 is 0 Å². The molecule has 0 aliphatic carbocycles. The largest absolute Gasteiger partial charge is 0.494 e. The first-order valence-electron chi connectivity index (χ1n) is 10.0. The highest BCUT2D eigenvalue weighted by Crippen LogP contribution is 2.20. The molecule has 0 saturated heterocycles. The average molecular weight is 423 g/mol. The van der Waals surface area contributed by atoms with Gasteiger partial charge in [-0.05, 0) is 36.8 Å². The van der Waals surface area contributed by atoms with Crippen LogP contribution in [0.3, 0.4) is 0 Å². The first-order valence-corrected chi connectivity index (χ1v) is 10.0. The topological polar surface area (TPSA) is 94.8 Å². The quantitative estimate of drug-likeness (QED) is 0.462. The summed E-state index contributed by atoms with van der Waals surface area (Å²) in [5.74, 6) is 0.899. The molecular weight excluding hydrogens is 398 g/mol. The van der Waals surface area contributed by atoms with E-state index in [1.165, 1.54) is 12.0 Å². The van der Waals surface area contributed by atoms with Crippen molar-refractivity contribution < 1.29 is 23.6 Å². The van der Waals surface area contributed by atoms with E-state index >= 15 is 0 Å². The van der Waals surface area contributed by atoms with E-state index in [9.17, 15) is 9.59 Å². The number of ether oxygens (including phenoxy) is 2. The Morgan fingerprint density at radius 1 is 1.06 bits per heavy atom. The molecule has 0 bridgehead atoms. The van der Waals surface area contributed by atoms with Crippen molar-refractivity contribution in [3.63, 3.8) is 0 Å². The molecule has 0 aliphatic rings. The van der Waals surface area contributed by atoms with Crippen LogP contribution in [0.2, 0.25) is 0 Å². The van der Waals surface area contributed by atoms with Crippen LogP contribution in [0.1, 0.15) is 24.8 Å². The first kappa shape index (κ1) is 22.0. The number of nitrogens with zero attached hydrogens (tertiary/aromatic N) is 3. The van der Waals surface area contributed by atoms with Gasteiger partial charge in [0.15, 0.2) is 0 Å². The van der Waals surface area contributed by atoms with Crippen LogP contribution in [0.25, 0.3) is 11.4 Å². The molecule has 162 valence electrons. The zero-order valence-electron chi connectivity index (χ0n) is 17.6. The van der Waals surface area contributed by atoms with Gasteiger partial charge in [0.1, 0.15) is 12.3 Å². The number of aryl methyl sites for hydroxylation is 1. The fourth-order valence-electron chi connectivity index (χ4n) is 2.97. The number of carbonyl (C=O) groups excluding carboxylic acids is 2. The minimum atomic E-state index is -0.472. The maximum absolute atomic E-state index is 12.8. The molecule has 0 saturated carbocycles. The first-order chi connectivity index (χ1) is 15.1. The second-order valence-electron chi connectivity index (χ2n) is 6.78. The molecule has 1 aromatic heterocycles. The fraction of sp³-hybridized carbons (Fsp3) is 0.304. The van der Waals surface area contributed by atoms with Crippen molar-refractivity contribution in [1.82, 2.24) is 15.0 Å². The van der Waals surface area contributed by atoms with Crippen molar-refractivity contribution in [2.24, 2.45) is 0 Å². The van der Waals surface area contributed by atoms with Gasteiger partial charge in [-0.3, -0.25) is 9.59 Å². The van der Waals surface area contributed by atoms with Crippen molar-refractivity contribution >= 4 is 11.9 Å². The van der Waals surface area contributed by atoms with Crippen LogP contribution in [0.5, 0.6) is 5.75 Å². The zero-order valence-corrected chi connectivity index (χ0v) is 17.6. The van der Waals surface area contributed by atoms with Crippen LogP contribution in [0.15, 0.2) is 59.1 Å². The van der Waals surface area contributed by atoms with Crippen molar-refractivity contribution in [3.05, 3.63) is 66.1 Å². The predicted molar refractivity (Wildman–Crippen MR) is 113 cm³/mol. The van der Waals surface area contributed by atoms with E-state index < -0.39 is 5.97 Å². The lowest BCUT2D eigenvalue weighted by molar-refractivity contribution is -0.147. The van der Waals surface area contributed by atoms with Crippen LogP contribution in [0.4, 0.5) is 0 Å². The number of benzene rings is 2. The number of hydrogen-bond donors (Lipinski definition) is 0. The minimum Gasteiger partial charge on any atom is -0.494 e. The van der Waals surface area contributed by atoms with Crippen LogP contribution in [-0.2, 0) is 27.3 Å². The SMILES string of the molecule is CCOc1ccc(-c2noc(CCC(=O)N(CC(=O)OC)Cc3ccccc3)n2)cc1. The van der Waals surface area contributed by atoms with Crippen molar-refractivity contribution in [2.45, 2.75) is 26.3 Å². The Balaban J connectivity index is 1.61. The van der Waals surface area contributed by atoms with E-state index in [4.69, 9.17) is 14.0 Å². The van der Waals surface area contributed by atoms with E-state index in [1.807, 2.05) is 61.5 Å². The number of aromatic nitrogens is 2. The van der Waals surface area contributed by atoms with Gasteiger partial charge in [0, 0.05) is 24.9 Å². The third kappa shape index (κ3) is 6.40. The summed E-state index contributed by atoms with van der Waals surface area (Å²) in [6, 6.07) is 16.9. The van der Waals surface area contributed by atoms with Crippen LogP contribution in [-0.4, -0.2) is 47.2 Å². The molecule has 31 heavy (non-hydrogen) atoms. The van der Waals surface area contributed by atoms with E-state index in [-0.39, 0.29) is 25.3 Å². The van der Waals surface area contributed by atoms with Crippen molar-refractivity contribution in [1.29, 1.82) is 0 Å². The minimum absolute atomic E-state index is 0.120. The number of carbonyl (C=O) groups is 2. The molecule has 0 N–H and O–H groups in total. The van der Waals surface area contributed by atoms with Gasteiger partial charge in [-0.25, -0.2) is 0 Å². The molecule has 1 amide bonds. The Morgan fingerprint density at radius 2 is 1.81 bits per heavy atom. The van der Waals surface area contributed by atoms with Gasteiger partial charge in [-0.1, -0.05) is 35.5 Å². The molecule has 8 heteroatoms. The normalized spacial score (nSPS) is 10.5. The lowest BCUT2D eigenvalue weighted by Crippen LogP contribution is -2.35. The van der Waals surface area contributed by atoms with Crippen molar-refractivity contribution in [3.8, 4) is 17.1 Å². The second-order valence-corrected chi connectivity index (χ2v) is 6.78. The smallest absolute Gasteiger partial charge is 0.325 e. The highest BCUT2D eigenvalue weighted by molar-refractivity contribution is 5.82. The van der Waals surface area contributed by atoms with Gasteiger partial charge in [0.2, 0.25) is 17.6 Å². The molecular formula is C23H25N3O5. The van der Waals surface area contributed by atoms with E-state index in [2.05, 4.69) is 10.1 Å². The summed E-state index contributed by atoms with van der Waals surface area (Å²) in [5, 5.41) is 3.99. The third-order valence-corrected chi connectivity index (χ3v) is 4.56. The van der Waals surface area contributed by atoms with Crippen LogP contribution in [0, 0.1) is 0 Å². The number of rotatable bonds is 10. The van der Waals surface area contributed by atoms with Gasteiger partial charge in [0.05, 0.1) is 13.7 Å². The Kier molecular flexibility index (Phi) is 7.75. The summed E-state index contributed by atoms with van der Waals surface area (Å²) >= 11 is 0. The van der Waals surface area contributed by atoms with Gasteiger partial charge < -0.3 is 18.9 Å². The lowest BCUT2D eigenvalue weighted by atomic mass is 10.2. The molecule has 0 fully saturated rings. The summed E-state index contributed by atoms with van der Waals surface area (Å²) in [5.41, 5.74) is 1.72. The Hall–Kier alpha value is -3.68. The van der Waals surface area contributed by atoms with E-state index in [0.29, 0.717) is 24.9 Å². The Labute approximate surface area is 180 Å². The number of methoxy groups -OCH3 is 1. The monoisotopic (exact) mass is 423 g/mol. The van der Waals surface area contributed by atoms with Gasteiger partial charge in [-0.15, -0.1) is 0 Å². The molecule has 1 heterocycles. The zero-order chi connectivity index (χ0) is 22.1. The molecule has 8 nitrogen and oxygen atoms in total.